The van der Waals surface area contributed by atoms with Crippen molar-refractivity contribution in [3.63, 3.8) is 0 Å². The number of carbonyl (C=O) groups is 1. The Morgan fingerprint density at radius 1 is 1.57 bits per heavy atom. The van der Waals surface area contributed by atoms with E-state index in [-0.39, 0.29) is 0 Å². The summed E-state index contributed by atoms with van der Waals surface area (Å²) in [5.41, 5.74) is 2.65. The molecule has 0 fully saturated rings. The molecule has 1 unspecified atom stereocenters. The third-order valence-electron chi connectivity index (χ3n) is 1.98. The number of rotatable bonds is 3. The van der Waals surface area contributed by atoms with Crippen LogP contribution in [0.4, 0.5) is 5.69 Å². The molecule has 1 rings (SSSR count). The lowest BCUT2D eigenvalue weighted by molar-refractivity contribution is -0.137. The van der Waals surface area contributed by atoms with Crippen LogP contribution < -0.4 is 5.32 Å². The second-order valence-electron chi connectivity index (χ2n) is 3.34. The molecule has 0 saturated carbocycles. The summed E-state index contributed by atoms with van der Waals surface area (Å²) in [6, 6.07) is 1.25. The van der Waals surface area contributed by atoms with Crippen molar-refractivity contribution in [1.29, 1.82) is 0 Å². The lowest BCUT2D eigenvalue weighted by Gasteiger charge is -2.13. The van der Waals surface area contributed by atoms with Gasteiger partial charge in [-0.1, -0.05) is 0 Å². The van der Waals surface area contributed by atoms with Crippen LogP contribution >= 0.6 is 0 Å². The summed E-state index contributed by atoms with van der Waals surface area (Å²) in [6.45, 7) is 5.37. The van der Waals surface area contributed by atoms with Gasteiger partial charge in [-0.15, -0.1) is 0 Å². The summed E-state index contributed by atoms with van der Waals surface area (Å²) in [7, 11) is 0. The van der Waals surface area contributed by atoms with Crippen LogP contribution in [-0.2, 0) is 4.79 Å². The van der Waals surface area contributed by atoms with E-state index in [1.54, 1.807) is 13.1 Å². The van der Waals surface area contributed by atoms with Gasteiger partial charge < -0.3 is 10.4 Å². The number of carboxylic acid groups (broad SMARTS) is 1. The zero-order chi connectivity index (χ0) is 10.7. The summed E-state index contributed by atoms with van der Waals surface area (Å²) in [5, 5.41) is 11.6. The number of aliphatic carboxylic acids is 1. The number of hydrogen-bond donors (Lipinski definition) is 2. The zero-order valence-corrected chi connectivity index (χ0v) is 8.53. The van der Waals surface area contributed by atoms with E-state index in [1.165, 1.54) is 0 Å². The monoisotopic (exact) mass is 194 g/mol. The number of pyridine rings is 1. The average molecular weight is 194 g/mol. The third-order valence-corrected chi connectivity index (χ3v) is 1.98. The summed E-state index contributed by atoms with van der Waals surface area (Å²) in [6.07, 6.45) is 1.73. The maximum absolute atomic E-state index is 10.6. The summed E-state index contributed by atoms with van der Waals surface area (Å²) in [5.74, 6) is -0.862. The normalized spacial score (nSPS) is 12.2. The highest BCUT2D eigenvalue weighted by Crippen LogP contribution is 2.15. The van der Waals surface area contributed by atoms with Gasteiger partial charge in [0.05, 0.1) is 0 Å². The average Bonchev–Trinajstić information content (AvgIpc) is 2.11. The molecule has 0 aromatic carbocycles. The lowest BCUT2D eigenvalue weighted by Crippen LogP contribution is -2.25. The van der Waals surface area contributed by atoms with Crippen molar-refractivity contribution in [2.75, 3.05) is 5.32 Å². The Balaban J connectivity index is 2.85. The summed E-state index contributed by atoms with van der Waals surface area (Å²) in [4.78, 5) is 14.7. The van der Waals surface area contributed by atoms with Crippen LogP contribution in [0.1, 0.15) is 18.2 Å². The number of carboxylic acids is 1. The van der Waals surface area contributed by atoms with E-state index in [4.69, 9.17) is 5.11 Å². The molecule has 0 aliphatic rings. The zero-order valence-electron chi connectivity index (χ0n) is 8.53. The fourth-order valence-corrected chi connectivity index (χ4v) is 1.08. The molecule has 0 saturated heterocycles. The highest BCUT2D eigenvalue weighted by atomic mass is 16.4. The topological polar surface area (TPSA) is 62.2 Å². The van der Waals surface area contributed by atoms with Crippen LogP contribution in [0.25, 0.3) is 0 Å². The highest BCUT2D eigenvalue weighted by molar-refractivity contribution is 5.77. The van der Waals surface area contributed by atoms with Gasteiger partial charge in [-0.3, -0.25) is 9.78 Å². The predicted octanol–water partition coefficient (Wildman–Crippen LogP) is 1.58. The van der Waals surface area contributed by atoms with Crippen molar-refractivity contribution in [3.05, 3.63) is 23.5 Å². The molecule has 0 aliphatic heterocycles. The molecule has 0 spiro atoms. The number of aromatic nitrogens is 1. The molecule has 1 heterocycles. The number of nitrogens with one attached hydrogen (secondary N) is 1. The number of anilines is 1. The number of hydrogen-bond acceptors (Lipinski definition) is 3. The molecule has 0 bridgehead atoms. The Morgan fingerprint density at radius 3 is 2.79 bits per heavy atom. The molecule has 1 atom stereocenters. The SMILES string of the molecule is Cc1cc(NC(C)C(=O)O)c(C)cn1. The van der Waals surface area contributed by atoms with Gasteiger partial charge in [0.1, 0.15) is 6.04 Å². The van der Waals surface area contributed by atoms with Crippen molar-refractivity contribution >= 4 is 11.7 Å². The molecule has 0 amide bonds. The molecule has 1 aromatic heterocycles. The van der Waals surface area contributed by atoms with Crippen molar-refractivity contribution in [2.24, 2.45) is 0 Å². The highest BCUT2D eigenvalue weighted by Gasteiger charge is 2.11. The van der Waals surface area contributed by atoms with Gasteiger partial charge in [0, 0.05) is 17.6 Å². The van der Waals surface area contributed by atoms with Crippen molar-refractivity contribution < 1.29 is 9.90 Å². The van der Waals surface area contributed by atoms with Crippen LogP contribution in [0.5, 0.6) is 0 Å². The van der Waals surface area contributed by atoms with Gasteiger partial charge in [-0.05, 0) is 32.4 Å². The molecule has 0 radical (unpaired) electrons. The Hall–Kier alpha value is -1.58. The fraction of sp³-hybridized carbons (Fsp3) is 0.400. The second-order valence-corrected chi connectivity index (χ2v) is 3.34. The van der Waals surface area contributed by atoms with E-state index in [0.717, 1.165) is 16.9 Å². The second kappa shape index (κ2) is 4.09. The minimum absolute atomic E-state index is 0.588. The van der Waals surface area contributed by atoms with Crippen molar-refractivity contribution in [3.8, 4) is 0 Å². The molecule has 76 valence electrons. The molecule has 1 aromatic rings. The van der Waals surface area contributed by atoms with Gasteiger partial charge in [-0.2, -0.15) is 0 Å². The Labute approximate surface area is 83.0 Å². The van der Waals surface area contributed by atoms with E-state index in [9.17, 15) is 4.79 Å². The van der Waals surface area contributed by atoms with Gasteiger partial charge in [-0.25, -0.2) is 0 Å². The third kappa shape index (κ3) is 2.45. The Morgan fingerprint density at radius 2 is 2.21 bits per heavy atom. The van der Waals surface area contributed by atoms with Gasteiger partial charge in [0.15, 0.2) is 0 Å². The lowest BCUT2D eigenvalue weighted by atomic mass is 10.2. The smallest absolute Gasteiger partial charge is 0.325 e. The molecular formula is C10H14N2O2. The first-order chi connectivity index (χ1) is 6.50. The summed E-state index contributed by atoms with van der Waals surface area (Å²) >= 11 is 0. The predicted molar refractivity (Wildman–Crippen MR) is 54.4 cm³/mol. The largest absolute Gasteiger partial charge is 0.480 e. The van der Waals surface area contributed by atoms with Crippen molar-refractivity contribution in [2.45, 2.75) is 26.8 Å². The van der Waals surface area contributed by atoms with E-state index in [2.05, 4.69) is 10.3 Å². The number of nitrogens with zero attached hydrogens (tertiary/aromatic N) is 1. The molecule has 4 heteroatoms. The van der Waals surface area contributed by atoms with E-state index >= 15 is 0 Å². The van der Waals surface area contributed by atoms with Crippen LogP contribution in [0.15, 0.2) is 12.3 Å². The minimum Gasteiger partial charge on any atom is -0.480 e. The van der Waals surface area contributed by atoms with Gasteiger partial charge >= 0.3 is 5.97 Å². The maximum Gasteiger partial charge on any atom is 0.325 e. The molecule has 14 heavy (non-hydrogen) atoms. The first-order valence-corrected chi connectivity index (χ1v) is 4.43. The molecule has 4 nitrogen and oxygen atoms in total. The molecule has 0 aliphatic carbocycles. The van der Waals surface area contributed by atoms with E-state index in [0.29, 0.717) is 0 Å². The van der Waals surface area contributed by atoms with Gasteiger partial charge in [0.2, 0.25) is 0 Å². The standard InChI is InChI=1S/C10H14N2O2/c1-6-5-11-7(2)4-9(6)12-8(3)10(13)14/h4-5,8H,1-3H3,(H,11,12)(H,13,14). The van der Waals surface area contributed by atoms with Gasteiger partial charge in [0.25, 0.3) is 0 Å². The Bertz CT molecular complexity index is 350. The van der Waals surface area contributed by atoms with Crippen LogP contribution in [0, 0.1) is 13.8 Å². The quantitative estimate of drug-likeness (QED) is 0.767. The maximum atomic E-state index is 10.6. The van der Waals surface area contributed by atoms with Crippen LogP contribution in [-0.4, -0.2) is 22.1 Å². The van der Waals surface area contributed by atoms with E-state index < -0.39 is 12.0 Å². The minimum atomic E-state index is -0.862. The van der Waals surface area contributed by atoms with Crippen molar-refractivity contribution in [1.82, 2.24) is 4.98 Å². The molecular weight excluding hydrogens is 180 g/mol. The number of aryl methyl sites for hydroxylation is 2. The van der Waals surface area contributed by atoms with E-state index in [1.807, 2.05) is 19.9 Å². The van der Waals surface area contributed by atoms with Crippen LogP contribution in [0.2, 0.25) is 0 Å². The fourth-order valence-electron chi connectivity index (χ4n) is 1.08. The van der Waals surface area contributed by atoms with Crippen LogP contribution in [0.3, 0.4) is 0 Å². The summed E-state index contributed by atoms with van der Waals surface area (Å²) < 4.78 is 0. The Kier molecular flexibility index (Phi) is 3.06. The molecule has 2 N–H and O–H groups in total. The first-order valence-electron chi connectivity index (χ1n) is 4.43. The first kappa shape index (κ1) is 10.5.